The molecule has 0 aliphatic carbocycles. The number of nitrogens with zero attached hydrogens (tertiary/aromatic N) is 4. The Bertz CT molecular complexity index is 1260. The predicted octanol–water partition coefficient (Wildman–Crippen LogP) is 3.67. The topological polar surface area (TPSA) is 77.0 Å². The first-order valence-corrected chi connectivity index (χ1v) is 10.8. The smallest absolute Gasteiger partial charge is 0.254 e. The van der Waals surface area contributed by atoms with Crippen molar-refractivity contribution in [1.29, 1.82) is 0 Å². The van der Waals surface area contributed by atoms with Gasteiger partial charge in [0.25, 0.3) is 5.91 Å². The molecule has 5 rings (SSSR count). The molecule has 1 atom stereocenters. The maximum absolute atomic E-state index is 13.2. The minimum absolute atomic E-state index is 0.0531. The van der Waals surface area contributed by atoms with E-state index in [1.807, 2.05) is 47.0 Å². The van der Waals surface area contributed by atoms with E-state index in [1.54, 1.807) is 18.6 Å². The summed E-state index contributed by atoms with van der Waals surface area (Å²) in [5.74, 6) is 0.0531. The average molecular weight is 424 g/mol. The van der Waals surface area contributed by atoms with Crippen molar-refractivity contribution in [2.75, 3.05) is 6.54 Å². The van der Waals surface area contributed by atoms with Gasteiger partial charge in [0.05, 0.1) is 5.69 Å². The third kappa shape index (κ3) is 3.69. The first-order chi connectivity index (χ1) is 15.6. The molecule has 1 aliphatic rings. The molecule has 0 unspecified atom stereocenters. The van der Waals surface area contributed by atoms with Crippen LogP contribution in [0, 0.1) is 0 Å². The summed E-state index contributed by atoms with van der Waals surface area (Å²) in [6.07, 6.45) is 6.09. The van der Waals surface area contributed by atoms with Gasteiger partial charge in [0.15, 0.2) is 0 Å². The van der Waals surface area contributed by atoms with Crippen molar-refractivity contribution in [2.24, 2.45) is 12.8 Å². The molecular weight excluding hydrogens is 398 g/mol. The minimum Gasteiger partial charge on any atom is -0.330 e. The zero-order chi connectivity index (χ0) is 22.1. The molecule has 3 heterocycles. The summed E-state index contributed by atoms with van der Waals surface area (Å²) in [6.45, 7) is 0.986. The van der Waals surface area contributed by atoms with E-state index in [4.69, 9.17) is 5.73 Å². The number of pyridine rings is 1. The van der Waals surface area contributed by atoms with E-state index >= 15 is 0 Å². The third-order valence-electron chi connectivity index (χ3n) is 6.18. The van der Waals surface area contributed by atoms with Gasteiger partial charge in [-0.15, -0.1) is 0 Å². The molecule has 1 amide bonds. The molecular formula is C26H25N5O. The Labute approximate surface area is 187 Å². The van der Waals surface area contributed by atoms with E-state index in [2.05, 4.69) is 40.4 Å². The Morgan fingerprint density at radius 3 is 2.56 bits per heavy atom. The highest BCUT2D eigenvalue weighted by atomic mass is 16.2. The Morgan fingerprint density at radius 1 is 0.969 bits per heavy atom. The second kappa shape index (κ2) is 8.40. The van der Waals surface area contributed by atoms with Gasteiger partial charge in [0, 0.05) is 55.9 Å². The van der Waals surface area contributed by atoms with Crippen molar-refractivity contribution in [3.8, 4) is 22.4 Å². The number of aromatic nitrogens is 3. The van der Waals surface area contributed by atoms with Crippen LogP contribution in [0.15, 0.2) is 79.3 Å². The summed E-state index contributed by atoms with van der Waals surface area (Å²) in [7, 11) is 1.92. The molecule has 6 nitrogen and oxygen atoms in total. The average Bonchev–Trinajstić information content (AvgIpc) is 3.41. The number of carbonyl (C=O) groups excluding carboxylic acids is 1. The molecule has 1 aliphatic heterocycles. The highest BCUT2D eigenvalue weighted by Gasteiger charge is 2.32. The second-order valence-corrected chi connectivity index (χ2v) is 8.17. The number of nitrogens with two attached hydrogens (primary N) is 1. The summed E-state index contributed by atoms with van der Waals surface area (Å²) in [5, 5.41) is 4.25. The summed E-state index contributed by atoms with van der Waals surface area (Å²) in [5.41, 5.74) is 13.5. The molecule has 4 aromatic rings. The van der Waals surface area contributed by atoms with Gasteiger partial charge in [-0.25, -0.2) is 0 Å². The number of hydrogen-bond acceptors (Lipinski definition) is 4. The number of carbonyl (C=O) groups is 1. The molecule has 2 N–H and O–H groups in total. The minimum atomic E-state index is -0.0669. The van der Waals surface area contributed by atoms with Crippen LogP contribution in [0.1, 0.15) is 21.5 Å². The van der Waals surface area contributed by atoms with Crippen LogP contribution in [0.2, 0.25) is 0 Å². The highest BCUT2D eigenvalue weighted by Crippen LogP contribution is 2.30. The van der Waals surface area contributed by atoms with Gasteiger partial charge in [0.2, 0.25) is 0 Å². The van der Waals surface area contributed by atoms with Crippen LogP contribution in [0.25, 0.3) is 22.4 Å². The van der Waals surface area contributed by atoms with E-state index in [-0.39, 0.29) is 11.9 Å². The van der Waals surface area contributed by atoms with Crippen LogP contribution >= 0.6 is 0 Å². The van der Waals surface area contributed by atoms with E-state index in [1.165, 1.54) is 0 Å². The van der Waals surface area contributed by atoms with Crippen molar-refractivity contribution in [2.45, 2.75) is 19.0 Å². The lowest BCUT2D eigenvalue weighted by molar-refractivity contribution is 0.0708. The molecule has 2 aromatic carbocycles. The Morgan fingerprint density at radius 2 is 1.81 bits per heavy atom. The van der Waals surface area contributed by atoms with Crippen molar-refractivity contribution in [3.63, 3.8) is 0 Å². The normalized spacial score (nSPS) is 13.9. The van der Waals surface area contributed by atoms with Gasteiger partial charge in [-0.05, 0) is 59.0 Å². The zero-order valence-electron chi connectivity index (χ0n) is 18.0. The van der Waals surface area contributed by atoms with Gasteiger partial charge in [-0.3, -0.25) is 14.5 Å². The molecule has 6 heteroatoms. The quantitative estimate of drug-likeness (QED) is 0.513. The molecule has 160 valence electrons. The Balaban J connectivity index is 1.38. The van der Waals surface area contributed by atoms with E-state index in [0.717, 1.165) is 39.1 Å². The van der Waals surface area contributed by atoms with Crippen molar-refractivity contribution < 1.29 is 4.79 Å². The number of fused-ring (bicyclic) bond motifs is 1. The maximum atomic E-state index is 13.2. The summed E-state index contributed by atoms with van der Waals surface area (Å²) >= 11 is 0. The second-order valence-electron chi connectivity index (χ2n) is 8.17. The lowest BCUT2D eigenvalue weighted by Gasteiger charge is -2.27. The van der Waals surface area contributed by atoms with Crippen LogP contribution in [0.3, 0.4) is 0 Å². The van der Waals surface area contributed by atoms with Gasteiger partial charge < -0.3 is 10.6 Å². The molecule has 0 bridgehead atoms. The molecule has 2 aromatic heterocycles. The van der Waals surface area contributed by atoms with E-state index in [9.17, 15) is 4.79 Å². The number of hydrogen-bond donors (Lipinski definition) is 1. The maximum Gasteiger partial charge on any atom is 0.254 e. The fraction of sp³-hybridized carbons (Fsp3) is 0.192. The van der Waals surface area contributed by atoms with Gasteiger partial charge in [-0.1, -0.05) is 30.3 Å². The van der Waals surface area contributed by atoms with Crippen molar-refractivity contribution in [1.82, 2.24) is 19.7 Å². The molecule has 0 spiro atoms. The van der Waals surface area contributed by atoms with E-state index in [0.29, 0.717) is 19.5 Å². The predicted molar refractivity (Wildman–Crippen MR) is 125 cm³/mol. The molecule has 0 saturated carbocycles. The lowest BCUT2D eigenvalue weighted by atomic mass is 9.99. The van der Waals surface area contributed by atoms with E-state index < -0.39 is 0 Å². The Hall–Kier alpha value is -3.77. The van der Waals surface area contributed by atoms with Crippen LogP contribution in [0.5, 0.6) is 0 Å². The number of rotatable bonds is 6. The lowest BCUT2D eigenvalue weighted by Crippen LogP contribution is -2.42. The van der Waals surface area contributed by atoms with Gasteiger partial charge in [-0.2, -0.15) is 5.10 Å². The highest BCUT2D eigenvalue weighted by molar-refractivity contribution is 5.99. The van der Waals surface area contributed by atoms with Crippen molar-refractivity contribution >= 4 is 5.91 Å². The Kier molecular flexibility index (Phi) is 5.29. The van der Waals surface area contributed by atoms with Crippen molar-refractivity contribution in [3.05, 3.63) is 95.9 Å². The first-order valence-electron chi connectivity index (χ1n) is 10.8. The SMILES string of the molecule is Cn1nccc1-c1ccc2c(c1)CN([C@H](CN)Cc1cccc(-c3ccncc3)c1)C2=O. The largest absolute Gasteiger partial charge is 0.330 e. The number of benzene rings is 2. The third-order valence-corrected chi connectivity index (χ3v) is 6.18. The van der Waals surface area contributed by atoms with Crippen LogP contribution in [-0.4, -0.2) is 38.2 Å². The number of aryl methyl sites for hydroxylation is 1. The summed E-state index contributed by atoms with van der Waals surface area (Å²) in [6, 6.07) is 20.4. The monoisotopic (exact) mass is 423 g/mol. The molecule has 0 fully saturated rings. The van der Waals surface area contributed by atoms with Crippen LogP contribution < -0.4 is 5.73 Å². The van der Waals surface area contributed by atoms with Crippen LogP contribution in [0.4, 0.5) is 0 Å². The van der Waals surface area contributed by atoms with Gasteiger partial charge >= 0.3 is 0 Å². The fourth-order valence-electron chi connectivity index (χ4n) is 4.47. The molecule has 0 saturated heterocycles. The summed E-state index contributed by atoms with van der Waals surface area (Å²) < 4.78 is 1.84. The van der Waals surface area contributed by atoms with Crippen LogP contribution in [-0.2, 0) is 20.0 Å². The zero-order valence-corrected chi connectivity index (χ0v) is 18.0. The summed E-state index contributed by atoms with van der Waals surface area (Å²) in [4.78, 5) is 19.2. The molecule has 0 radical (unpaired) electrons. The standard InChI is InChI=1S/C26H25N5O/c1-30-25(9-12-29-30)21-5-6-24-22(15-21)17-31(26(24)32)23(16-27)14-18-3-2-4-20(13-18)19-7-10-28-11-8-19/h2-13,15,23H,14,16-17,27H2,1H3/t23-/m0/s1. The number of amides is 1. The molecule has 32 heavy (non-hydrogen) atoms. The fourth-order valence-corrected chi connectivity index (χ4v) is 4.47. The first kappa shape index (κ1) is 20.2. The van der Waals surface area contributed by atoms with Gasteiger partial charge in [0.1, 0.15) is 0 Å².